The molecule has 0 spiro atoms. The summed E-state index contributed by atoms with van der Waals surface area (Å²) in [5, 5.41) is 24.6. The Morgan fingerprint density at radius 1 is 0.471 bits per heavy atom. The van der Waals surface area contributed by atoms with Gasteiger partial charge in [-0.2, -0.15) is 5.26 Å². The van der Waals surface area contributed by atoms with Crippen LogP contribution in [0.2, 0.25) is 0 Å². The highest BCUT2D eigenvalue weighted by molar-refractivity contribution is 7.27. The van der Waals surface area contributed by atoms with Crippen molar-refractivity contribution in [3.05, 3.63) is 205 Å². The van der Waals surface area contributed by atoms with Gasteiger partial charge in [0.1, 0.15) is 6.07 Å². The number of aromatic nitrogens is 3. The van der Waals surface area contributed by atoms with Gasteiger partial charge in [0.2, 0.25) is 5.69 Å². The SMILES string of the molecule is [C-]#[N+]c1c(-c2ccccc2)c(C#N)c(-n2c3cc4sc5ccccc5c4cc3c3ccc4c5ccccc5sc4c32)c(-c2ccccc2)c1-n1c2cccc3c4cccnc4c4cccc1c4c32. The monoisotopic (exact) mass is 897 g/mol. The fraction of sp³-hybridized carbons (Fsp3) is 0. The molecule has 0 aliphatic carbocycles. The zero-order valence-electron chi connectivity index (χ0n) is 36.0. The van der Waals surface area contributed by atoms with Gasteiger partial charge in [-0.05, 0) is 59.0 Å². The molecule has 15 rings (SSSR count). The van der Waals surface area contributed by atoms with E-state index in [1.165, 1.54) is 35.6 Å². The molecule has 5 nitrogen and oxygen atoms in total. The summed E-state index contributed by atoms with van der Waals surface area (Å²) in [4.78, 5) is 9.54. The average molecular weight is 898 g/mol. The van der Waals surface area contributed by atoms with Gasteiger partial charge in [-0.3, -0.25) is 4.98 Å². The molecule has 5 aromatic heterocycles. The number of hydrogen-bond donors (Lipinski definition) is 0. The average Bonchev–Trinajstić information content (AvgIpc) is 4.15. The summed E-state index contributed by atoms with van der Waals surface area (Å²) in [6.45, 7) is 9.34. The van der Waals surface area contributed by atoms with Crippen LogP contribution >= 0.6 is 22.7 Å². The van der Waals surface area contributed by atoms with Gasteiger partial charge in [-0.25, -0.2) is 4.85 Å². The van der Waals surface area contributed by atoms with Crippen LogP contribution in [0.15, 0.2) is 188 Å². The van der Waals surface area contributed by atoms with Crippen molar-refractivity contribution in [1.29, 1.82) is 5.26 Å². The van der Waals surface area contributed by atoms with E-state index < -0.39 is 0 Å². The molecular weight excluding hydrogens is 867 g/mol. The van der Waals surface area contributed by atoms with Gasteiger partial charge in [-0.15, -0.1) is 22.7 Å². The number of nitriles is 1. The van der Waals surface area contributed by atoms with E-state index >= 15 is 0 Å². The molecule has 5 heterocycles. The number of pyridine rings is 1. The van der Waals surface area contributed by atoms with Gasteiger partial charge in [0.15, 0.2) is 0 Å². The van der Waals surface area contributed by atoms with Crippen LogP contribution in [0.4, 0.5) is 5.69 Å². The molecule has 0 atom stereocenters. The fourth-order valence-corrected chi connectivity index (χ4v) is 13.8. The lowest BCUT2D eigenvalue weighted by Gasteiger charge is -2.26. The van der Waals surface area contributed by atoms with Crippen molar-refractivity contribution in [2.45, 2.75) is 0 Å². The summed E-state index contributed by atoms with van der Waals surface area (Å²) < 4.78 is 9.48. The molecule has 0 N–H and O–H groups in total. The summed E-state index contributed by atoms with van der Waals surface area (Å²) in [5.74, 6) is 0. The largest absolute Gasteiger partial charge is 0.318 e. The Bertz CT molecular complexity index is 4660. The summed E-state index contributed by atoms with van der Waals surface area (Å²) in [5.41, 5.74) is 10.4. The van der Waals surface area contributed by atoms with Gasteiger partial charge in [-0.1, -0.05) is 140 Å². The summed E-state index contributed by atoms with van der Waals surface area (Å²) in [7, 11) is 0. The molecule has 0 aliphatic rings. The maximum atomic E-state index is 12.1. The Hall–Kier alpha value is -8.85. The molecule has 0 bridgehead atoms. The van der Waals surface area contributed by atoms with Crippen molar-refractivity contribution < 1.29 is 0 Å². The van der Waals surface area contributed by atoms with Crippen molar-refractivity contribution in [2.24, 2.45) is 0 Å². The highest BCUT2D eigenvalue weighted by atomic mass is 32.1. The van der Waals surface area contributed by atoms with E-state index in [1.807, 2.05) is 48.7 Å². The van der Waals surface area contributed by atoms with Gasteiger partial charge in [0.25, 0.3) is 0 Å². The lowest BCUT2D eigenvalue weighted by atomic mass is 9.88. The minimum atomic E-state index is 0.416. The highest BCUT2D eigenvalue weighted by Crippen LogP contribution is 2.55. The quantitative estimate of drug-likeness (QED) is 0.131. The maximum absolute atomic E-state index is 12.1. The second-order valence-electron chi connectivity index (χ2n) is 17.5. The van der Waals surface area contributed by atoms with Crippen molar-refractivity contribution in [3.8, 4) is 39.7 Å². The molecule has 68 heavy (non-hydrogen) atoms. The third-order valence-electron chi connectivity index (χ3n) is 14.2. The minimum absolute atomic E-state index is 0.416. The van der Waals surface area contributed by atoms with Gasteiger partial charge < -0.3 is 9.13 Å². The number of benzene rings is 10. The minimum Gasteiger partial charge on any atom is -0.318 e. The van der Waals surface area contributed by atoms with Crippen molar-refractivity contribution in [3.63, 3.8) is 0 Å². The van der Waals surface area contributed by atoms with E-state index in [0.717, 1.165) is 98.1 Å². The molecule has 0 amide bonds. The van der Waals surface area contributed by atoms with Gasteiger partial charge >= 0.3 is 0 Å². The van der Waals surface area contributed by atoms with E-state index in [9.17, 15) is 11.8 Å². The molecule has 0 saturated carbocycles. The van der Waals surface area contributed by atoms with Crippen LogP contribution in [0.25, 0.3) is 144 Å². The first-order valence-corrected chi connectivity index (χ1v) is 24.2. The zero-order chi connectivity index (χ0) is 44.8. The predicted octanol–water partition coefficient (Wildman–Crippen LogP) is 17.5. The second-order valence-corrected chi connectivity index (χ2v) is 19.6. The van der Waals surface area contributed by atoms with E-state index in [4.69, 9.17) is 4.98 Å². The number of nitrogens with zero attached hydrogens (tertiary/aromatic N) is 5. The third-order valence-corrected chi connectivity index (χ3v) is 16.5. The van der Waals surface area contributed by atoms with Crippen LogP contribution in [0.5, 0.6) is 0 Å². The summed E-state index contributed by atoms with van der Waals surface area (Å²) >= 11 is 3.59. The molecular formula is C61H31N5S2. The predicted molar refractivity (Wildman–Crippen MR) is 287 cm³/mol. The molecule has 0 aliphatic heterocycles. The highest BCUT2D eigenvalue weighted by Gasteiger charge is 2.33. The zero-order valence-corrected chi connectivity index (χ0v) is 37.6. The normalized spacial score (nSPS) is 12.1. The molecule has 15 aromatic rings. The molecule has 0 saturated heterocycles. The Kier molecular flexibility index (Phi) is 7.61. The van der Waals surface area contributed by atoms with Crippen LogP contribution in [-0.4, -0.2) is 14.1 Å². The van der Waals surface area contributed by atoms with E-state index in [1.54, 1.807) is 22.7 Å². The summed E-state index contributed by atoms with van der Waals surface area (Å²) in [6, 6.07) is 67.0. The molecule has 312 valence electrons. The van der Waals surface area contributed by atoms with E-state index in [-0.39, 0.29) is 0 Å². The van der Waals surface area contributed by atoms with Crippen molar-refractivity contribution in [2.75, 3.05) is 0 Å². The van der Waals surface area contributed by atoms with Crippen LogP contribution < -0.4 is 0 Å². The maximum Gasteiger partial charge on any atom is 0.220 e. The second kappa shape index (κ2) is 13.8. The standard InChI is InChI=1S/C61H31N5S2/c1-63-57-52(34-15-4-2-5-16-34)45(33-62)58(53(35-17-6-3-7-18-35)60(57)65-46-24-12-21-38-39-23-14-30-64-56(39)42-22-13-25-47(65)55(42)54(38)46)66-48-32-51-44(37-20-9-10-26-49(37)67-51)31-43(48)40-28-29-41-36-19-8-11-27-50(36)68-61(41)59(40)66/h2-32H. The first kappa shape index (κ1) is 37.4. The van der Waals surface area contributed by atoms with Crippen molar-refractivity contribution >= 4 is 134 Å². The van der Waals surface area contributed by atoms with Gasteiger partial charge in [0, 0.05) is 85.3 Å². The summed E-state index contributed by atoms with van der Waals surface area (Å²) in [6.07, 6.45) is 1.87. The van der Waals surface area contributed by atoms with E-state index in [0.29, 0.717) is 16.8 Å². The van der Waals surface area contributed by atoms with Gasteiger partial charge in [0.05, 0.1) is 55.8 Å². The molecule has 0 radical (unpaired) electrons. The van der Waals surface area contributed by atoms with E-state index in [2.05, 4.69) is 160 Å². The van der Waals surface area contributed by atoms with Crippen LogP contribution in [-0.2, 0) is 0 Å². The Labute approximate surface area is 396 Å². The first-order chi connectivity index (χ1) is 33.7. The molecule has 0 unspecified atom stereocenters. The Morgan fingerprint density at radius 3 is 1.82 bits per heavy atom. The Balaban J connectivity index is 1.24. The number of fused-ring (bicyclic) bond motifs is 13. The number of rotatable bonds is 4. The Morgan fingerprint density at radius 2 is 1.09 bits per heavy atom. The smallest absolute Gasteiger partial charge is 0.220 e. The molecule has 7 heteroatoms. The van der Waals surface area contributed by atoms with Crippen LogP contribution in [0.3, 0.4) is 0 Å². The van der Waals surface area contributed by atoms with Crippen molar-refractivity contribution in [1.82, 2.24) is 14.1 Å². The number of thiophene rings is 2. The molecule has 0 fully saturated rings. The lowest BCUT2D eigenvalue weighted by Crippen LogP contribution is -2.08. The van der Waals surface area contributed by atoms with Crippen LogP contribution in [0.1, 0.15) is 5.56 Å². The fourth-order valence-electron chi connectivity index (χ4n) is 11.5. The third kappa shape index (κ3) is 4.83. The first-order valence-electron chi connectivity index (χ1n) is 22.5. The lowest BCUT2D eigenvalue weighted by molar-refractivity contribution is 1.14. The number of hydrogen-bond acceptors (Lipinski definition) is 4. The topological polar surface area (TPSA) is 50.9 Å². The molecule has 10 aromatic carbocycles. The van der Waals surface area contributed by atoms with Crippen LogP contribution in [0, 0.1) is 17.9 Å².